The lowest BCUT2D eigenvalue weighted by Gasteiger charge is -2.05. The van der Waals surface area contributed by atoms with E-state index >= 15 is 0 Å². The molecule has 0 bridgehead atoms. The number of aromatic nitrogens is 4. The molecule has 4 nitrogen and oxygen atoms in total. The van der Waals surface area contributed by atoms with Crippen LogP contribution in [0.1, 0.15) is 99.9 Å². The molecule has 0 N–H and O–H groups in total. The predicted octanol–water partition coefficient (Wildman–Crippen LogP) is 16.1. The third kappa shape index (κ3) is 12.4. The van der Waals surface area contributed by atoms with Gasteiger partial charge in [0.25, 0.3) is 0 Å². The molecule has 80 heavy (non-hydrogen) atoms. The Morgan fingerprint density at radius 2 is 0.625 bits per heavy atom. The molecule has 0 unspecified atom stereocenters. The Kier molecular flexibility index (Phi) is 16.2. The van der Waals surface area contributed by atoms with Gasteiger partial charge in [-0.25, -0.2) is 0 Å². The molecule has 0 radical (unpaired) electrons. The summed E-state index contributed by atoms with van der Waals surface area (Å²) in [6.45, 7) is 22.2. The maximum Gasteiger partial charge on any atom is 0.213 e. The number of pyridine rings is 4. The average Bonchev–Trinajstić information content (AvgIpc) is 4.45. The van der Waals surface area contributed by atoms with E-state index in [1.54, 1.807) is 0 Å². The van der Waals surface area contributed by atoms with E-state index in [0.717, 1.165) is 63.7 Å². The first kappa shape index (κ1) is 53.9. The summed E-state index contributed by atoms with van der Waals surface area (Å²) in [6.07, 6.45) is 13.7. The molecule has 4 aliphatic heterocycles. The van der Waals surface area contributed by atoms with Crippen LogP contribution in [0.4, 0.5) is 0 Å². The average molecular weight is 1050 g/mol. The van der Waals surface area contributed by atoms with Crippen LogP contribution in [0.2, 0.25) is 0 Å². The number of nitrogens with zero attached hydrogens (tertiary/aromatic N) is 4. The van der Waals surface area contributed by atoms with Gasteiger partial charge in [0.1, 0.15) is 0 Å². The summed E-state index contributed by atoms with van der Waals surface area (Å²) >= 11 is 0. The third-order valence-corrected chi connectivity index (χ3v) is 15.9. The third-order valence-electron chi connectivity index (χ3n) is 15.9. The van der Waals surface area contributed by atoms with Crippen LogP contribution in [0.5, 0.6) is 0 Å². The van der Waals surface area contributed by atoms with Gasteiger partial charge in [-0.05, 0) is 119 Å². The number of hydrogen-bond donors (Lipinski definition) is 0. The highest BCUT2D eigenvalue weighted by Crippen LogP contribution is 2.34. The van der Waals surface area contributed by atoms with Gasteiger partial charge >= 0.3 is 0 Å². The Balaban J connectivity index is 0.000000114. The minimum absolute atomic E-state index is 0.689. The summed E-state index contributed by atoms with van der Waals surface area (Å²) in [5.74, 6) is 2.82. The van der Waals surface area contributed by atoms with Crippen LogP contribution in [0.15, 0.2) is 219 Å². The fourth-order valence-corrected chi connectivity index (χ4v) is 12.3. The SMILES string of the molecule is CC(C)Cc1cc[n+]2c(c1)-c1cc(-c3ccccc3)ccc1C2.CC(C)Cc1cc[n+]2c(c1)-c1ccccc1C2.CC(C)Cc1ccc2[n+](c1)Cc1ccc(-c3ccccc3)cc1-2.CC(C)Cc1ccc2[n+](c1)Cc1ccccc1-2. The van der Waals surface area contributed by atoms with Gasteiger partial charge in [0.2, 0.25) is 22.8 Å². The summed E-state index contributed by atoms with van der Waals surface area (Å²) in [6, 6.07) is 70.8. The summed E-state index contributed by atoms with van der Waals surface area (Å²) in [5, 5.41) is 0. The Bertz CT molecular complexity index is 3790. The summed E-state index contributed by atoms with van der Waals surface area (Å²) in [4.78, 5) is 0. The molecule has 0 atom stereocenters. The van der Waals surface area contributed by atoms with Gasteiger partial charge < -0.3 is 0 Å². The van der Waals surface area contributed by atoms with Crippen molar-refractivity contribution in [3.8, 4) is 67.3 Å². The van der Waals surface area contributed by atoms with Crippen molar-refractivity contribution in [1.82, 2.24) is 0 Å². The Labute approximate surface area is 477 Å². The maximum absolute atomic E-state index is 2.40. The summed E-state index contributed by atoms with van der Waals surface area (Å²) in [7, 11) is 0. The summed E-state index contributed by atoms with van der Waals surface area (Å²) < 4.78 is 9.48. The lowest BCUT2D eigenvalue weighted by Crippen LogP contribution is -2.32. The molecule has 6 aromatic carbocycles. The van der Waals surface area contributed by atoms with Crippen LogP contribution in [0, 0.1) is 23.7 Å². The highest BCUT2D eigenvalue weighted by atomic mass is 15.0. The minimum atomic E-state index is 0.689. The van der Waals surface area contributed by atoms with Gasteiger partial charge in [0, 0.05) is 69.8 Å². The minimum Gasteiger partial charge on any atom is -0.194 e. The lowest BCUT2D eigenvalue weighted by atomic mass is 9.97. The van der Waals surface area contributed by atoms with Gasteiger partial charge in [0.05, 0.1) is 22.3 Å². The van der Waals surface area contributed by atoms with Crippen molar-refractivity contribution < 1.29 is 18.3 Å². The first-order valence-electron chi connectivity index (χ1n) is 29.5. The zero-order valence-corrected chi connectivity index (χ0v) is 48.5. The van der Waals surface area contributed by atoms with Crippen molar-refractivity contribution in [1.29, 1.82) is 0 Å². The van der Waals surface area contributed by atoms with E-state index in [1.807, 2.05) is 0 Å². The van der Waals surface area contributed by atoms with Crippen LogP contribution in [0.25, 0.3) is 67.3 Å². The zero-order chi connectivity index (χ0) is 55.3. The largest absolute Gasteiger partial charge is 0.213 e. The van der Waals surface area contributed by atoms with Crippen LogP contribution >= 0.6 is 0 Å². The molecule has 0 fully saturated rings. The zero-order valence-electron chi connectivity index (χ0n) is 48.5. The van der Waals surface area contributed by atoms with Crippen molar-refractivity contribution in [2.75, 3.05) is 0 Å². The number of rotatable bonds is 10. The number of benzene rings is 6. The molecule has 4 aliphatic rings. The molecular weight excluding hydrogens is 969 g/mol. The van der Waals surface area contributed by atoms with Crippen molar-refractivity contribution in [3.63, 3.8) is 0 Å². The van der Waals surface area contributed by atoms with Gasteiger partial charge in [-0.15, -0.1) is 0 Å². The molecule has 14 rings (SSSR count). The highest BCUT2D eigenvalue weighted by Gasteiger charge is 2.30. The second kappa shape index (κ2) is 24.1. The van der Waals surface area contributed by atoms with Gasteiger partial charge in [-0.3, -0.25) is 0 Å². The Morgan fingerprint density at radius 3 is 1.07 bits per heavy atom. The standard InChI is InChI=1S/2C22H22N.2C16H18N/c1-16(2)12-17-8-11-22-21-13-19(18-6-4-3-5-7-18)9-10-20(21)15-23(22)14-17;1-16(2)12-17-10-11-23-15-20-9-8-19(14-21(20)22(23)13-17)18-6-4-3-5-7-18;1-12(2)9-13-7-8-17-11-14-5-3-4-6-15(14)16(17)10-13;1-12(2)9-13-7-8-16-15-6-4-3-5-14(15)11-17(16)10-13/h2*3-11,13-14,16H,12,15H2,1-2H3;2*3-8,10,12H,9,11H2,1-2H3/q4*+1. The van der Waals surface area contributed by atoms with E-state index < -0.39 is 0 Å². The molecule has 0 saturated carbocycles. The van der Waals surface area contributed by atoms with E-state index in [2.05, 4.69) is 293 Å². The Morgan fingerprint density at radius 1 is 0.275 bits per heavy atom. The quantitative estimate of drug-likeness (QED) is 0.121. The lowest BCUT2D eigenvalue weighted by molar-refractivity contribution is -0.672. The molecule has 8 heterocycles. The van der Waals surface area contributed by atoms with Gasteiger partial charge in [-0.2, -0.15) is 18.3 Å². The second-order valence-corrected chi connectivity index (χ2v) is 24.4. The maximum atomic E-state index is 2.40. The molecule has 10 aromatic rings. The van der Waals surface area contributed by atoms with Gasteiger partial charge in [-0.1, -0.05) is 177 Å². The van der Waals surface area contributed by atoms with E-state index in [-0.39, 0.29) is 0 Å². The first-order valence-corrected chi connectivity index (χ1v) is 29.5. The second-order valence-electron chi connectivity index (χ2n) is 24.4. The highest BCUT2D eigenvalue weighted by molar-refractivity contribution is 5.75. The molecular formula is C76H80N4+4. The monoisotopic (exact) mass is 1050 g/mol. The normalized spacial score (nSPS) is 12.4. The van der Waals surface area contributed by atoms with Crippen LogP contribution in [-0.4, -0.2) is 0 Å². The topological polar surface area (TPSA) is 15.5 Å². The molecule has 400 valence electrons. The summed E-state index contributed by atoms with van der Waals surface area (Å²) in [5.41, 5.74) is 27.6. The van der Waals surface area contributed by atoms with Crippen molar-refractivity contribution in [2.24, 2.45) is 23.7 Å². The first-order chi connectivity index (χ1) is 38.9. The van der Waals surface area contributed by atoms with E-state index in [4.69, 9.17) is 0 Å². The Hall–Kier alpha value is -8.08. The molecule has 0 aliphatic carbocycles. The van der Waals surface area contributed by atoms with E-state index in [9.17, 15) is 0 Å². The number of hydrogen-bond acceptors (Lipinski definition) is 0. The smallest absolute Gasteiger partial charge is 0.194 e. The van der Waals surface area contributed by atoms with Crippen LogP contribution in [-0.2, 0) is 51.9 Å². The number of fused-ring (bicyclic) bond motifs is 12. The molecule has 0 amide bonds. The molecule has 0 spiro atoms. The van der Waals surface area contributed by atoms with E-state index in [1.165, 1.54) is 112 Å². The van der Waals surface area contributed by atoms with Crippen molar-refractivity contribution >= 4 is 0 Å². The van der Waals surface area contributed by atoms with E-state index in [0.29, 0.717) is 11.8 Å². The van der Waals surface area contributed by atoms with Crippen molar-refractivity contribution in [2.45, 2.75) is 107 Å². The van der Waals surface area contributed by atoms with Crippen molar-refractivity contribution in [3.05, 3.63) is 263 Å². The van der Waals surface area contributed by atoms with Crippen LogP contribution in [0.3, 0.4) is 0 Å². The van der Waals surface area contributed by atoms with Gasteiger partial charge in [0.15, 0.2) is 51.0 Å². The predicted molar refractivity (Wildman–Crippen MR) is 330 cm³/mol. The molecule has 4 aromatic heterocycles. The fraction of sp³-hybridized carbons (Fsp3) is 0.263. The van der Waals surface area contributed by atoms with Crippen LogP contribution < -0.4 is 18.3 Å². The molecule has 4 heteroatoms. The fourth-order valence-electron chi connectivity index (χ4n) is 12.3. The molecule has 0 saturated heterocycles.